The van der Waals surface area contributed by atoms with Crippen molar-refractivity contribution in [2.24, 2.45) is 0 Å². The largest absolute Gasteiger partial charge is 0.385 e. The molecule has 1 aromatic carbocycles. The third-order valence-electron chi connectivity index (χ3n) is 3.48. The quantitative estimate of drug-likeness (QED) is 0.914. The van der Waals surface area contributed by atoms with E-state index in [1.807, 2.05) is 13.0 Å². The molecule has 0 fully saturated rings. The van der Waals surface area contributed by atoms with E-state index in [2.05, 4.69) is 15.0 Å². The van der Waals surface area contributed by atoms with E-state index < -0.39 is 10.0 Å². The lowest BCUT2D eigenvalue weighted by atomic mass is 10.0. The average molecular weight is 303 g/mol. The SMILES string of the molecule is Cc1cc(NS(=O)(=O)c2ccc3c(c2)NCCC3)ccn1. The first-order valence-corrected chi connectivity index (χ1v) is 8.35. The van der Waals surface area contributed by atoms with Crippen molar-refractivity contribution in [1.82, 2.24) is 4.98 Å². The lowest BCUT2D eigenvalue weighted by molar-refractivity contribution is 0.601. The monoisotopic (exact) mass is 303 g/mol. The normalized spacial score (nSPS) is 14.1. The molecule has 5 nitrogen and oxygen atoms in total. The third-order valence-corrected chi connectivity index (χ3v) is 4.86. The molecule has 2 N–H and O–H groups in total. The Morgan fingerprint density at radius 2 is 2.10 bits per heavy atom. The van der Waals surface area contributed by atoms with E-state index in [1.165, 1.54) is 5.56 Å². The van der Waals surface area contributed by atoms with Crippen molar-refractivity contribution in [1.29, 1.82) is 0 Å². The molecule has 0 aliphatic carbocycles. The van der Waals surface area contributed by atoms with Gasteiger partial charge in [0, 0.05) is 24.1 Å². The van der Waals surface area contributed by atoms with E-state index in [9.17, 15) is 8.42 Å². The Hall–Kier alpha value is -2.08. The molecule has 2 aromatic rings. The van der Waals surface area contributed by atoms with Crippen LogP contribution in [0, 0.1) is 6.92 Å². The van der Waals surface area contributed by atoms with Crippen LogP contribution in [0.4, 0.5) is 11.4 Å². The van der Waals surface area contributed by atoms with E-state index in [4.69, 9.17) is 0 Å². The van der Waals surface area contributed by atoms with Gasteiger partial charge in [-0.2, -0.15) is 0 Å². The minimum absolute atomic E-state index is 0.269. The van der Waals surface area contributed by atoms with Crippen LogP contribution in [-0.4, -0.2) is 19.9 Å². The molecule has 0 spiro atoms. The summed E-state index contributed by atoms with van der Waals surface area (Å²) in [5.74, 6) is 0. The Bertz CT molecular complexity index is 772. The molecule has 1 aromatic heterocycles. The summed E-state index contributed by atoms with van der Waals surface area (Å²) in [6.07, 6.45) is 3.65. The van der Waals surface area contributed by atoms with Crippen LogP contribution in [0.2, 0.25) is 0 Å². The smallest absolute Gasteiger partial charge is 0.261 e. The van der Waals surface area contributed by atoms with E-state index in [1.54, 1.807) is 30.5 Å². The number of hydrogen-bond donors (Lipinski definition) is 2. The summed E-state index contributed by atoms with van der Waals surface area (Å²) in [5.41, 5.74) is 3.37. The van der Waals surface area contributed by atoms with Crippen molar-refractivity contribution < 1.29 is 8.42 Å². The Labute approximate surface area is 124 Å². The summed E-state index contributed by atoms with van der Waals surface area (Å²) in [4.78, 5) is 4.32. The molecular weight excluding hydrogens is 286 g/mol. The molecule has 21 heavy (non-hydrogen) atoms. The second kappa shape index (κ2) is 5.37. The summed E-state index contributed by atoms with van der Waals surface area (Å²) in [7, 11) is -3.58. The molecule has 2 heterocycles. The van der Waals surface area contributed by atoms with Gasteiger partial charge in [0.25, 0.3) is 10.0 Å². The first kappa shape index (κ1) is 13.9. The van der Waals surface area contributed by atoms with Crippen LogP contribution >= 0.6 is 0 Å². The predicted molar refractivity (Wildman–Crippen MR) is 83.0 cm³/mol. The summed E-state index contributed by atoms with van der Waals surface area (Å²) >= 11 is 0. The number of nitrogens with zero attached hydrogens (tertiary/aromatic N) is 1. The zero-order valence-corrected chi connectivity index (χ0v) is 12.6. The average Bonchev–Trinajstić information content (AvgIpc) is 2.46. The van der Waals surface area contributed by atoms with Crippen LogP contribution in [0.25, 0.3) is 0 Å². The van der Waals surface area contributed by atoms with Gasteiger partial charge in [0.1, 0.15) is 0 Å². The van der Waals surface area contributed by atoms with Gasteiger partial charge in [-0.15, -0.1) is 0 Å². The Kier molecular flexibility index (Phi) is 3.55. The summed E-state index contributed by atoms with van der Waals surface area (Å²) in [6.45, 7) is 2.70. The molecule has 0 saturated carbocycles. The van der Waals surface area contributed by atoms with Gasteiger partial charge in [-0.1, -0.05) is 6.07 Å². The fourth-order valence-electron chi connectivity index (χ4n) is 2.43. The second-order valence-corrected chi connectivity index (χ2v) is 6.82. The number of aryl methyl sites for hydroxylation is 2. The number of hydrogen-bond acceptors (Lipinski definition) is 4. The molecule has 0 bridgehead atoms. The number of nitrogens with one attached hydrogen (secondary N) is 2. The van der Waals surface area contributed by atoms with Gasteiger partial charge in [-0.05, 0) is 49.6 Å². The highest BCUT2D eigenvalue weighted by Gasteiger charge is 2.17. The molecule has 1 aliphatic heterocycles. The van der Waals surface area contributed by atoms with Crippen molar-refractivity contribution in [3.63, 3.8) is 0 Å². The highest BCUT2D eigenvalue weighted by atomic mass is 32.2. The maximum absolute atomic E-state index is 12.4. The standard InChI is InChI=1S/C15H17N3O2S/c1-11-9-13(6-8-16-11)18-21(19,20)14-5-4-12-3-2-7-17-15(12)10-14/h4-6,8-10,17H,2-3,7H2,1H3,(H,16,18). The molecule has 3 rings (SSSR count). The maximum atomic E-state index is 12.4. The summed E-state index contributed by atoms with van der Waals surface area (Å²) < 4.78 is 27.5. The van der Waals surface area contributed by atoms with E-state index in [0.29, 0.717) is 5.69 Å². The number of benzene rings is 1. The first-order valence-electron chi connectivity index (χ1n) is 6.87. The molecule has 0 unspecified atom stereocenters. The van der Waals surface area contributed by atoms with Crippen molar-refractivity contribution >= 4 is 21.4 Å². The highest BCUT2D eigenvalue weighted by molar-refractivity contribution is 7.92. The minimum atomic E-state index is -3.58. The van der Waals surface area contributed by atoms with E-state index in [-0.39, 0.29) is 4.90 Å². The Morgan fingerprint density at radius 3 is 2.90 bits per heavy atom. The minimum Gasteiger partial charge on any atom is -0.385 e. The highest BCUT2D eigenvalue weighted by Crippen LogP contribution is 2.26. The van der Waals surface area contributed by atoms with E-state index >= 15 is 0 Å². The van der Waals surface area contributed by atoms with Gasteiger partial charge in [0.05, 0.1) is 10.6 Å². The van der Waals surface area contributed by atoms with E-state index in [0.717, 1.165) is 30.8 Å². The molecule has 1 aliphatic rings. The van der Waals surface area contributed by atoms with Gasteiger partial charge in [-0.3, -0.25) is 9.71 Å². The summed E-state index contributed by atoms with van der Waals surface area (Å²) in [6, 6.07) is 8.58. The number of pyridine rings is 1. The van der Waals surface area contributed by atoms with Crippen LogP contribution in [0.3, 0.4) is 0 Å². The molecule has 0 saturated heterocycles. The lowest BCUT2D eigenvalue weighted by Crippen LogP contribution is -2.16. The number of sulfonamides is 1. The van der Waals surface area contributed by atoms with Gasteiger partial charge >= 0.3 is 0 Å². The van der Waals surface area contributed by atoms with Crippen molar-refractivity contribution in [2.45, 2.75) is 24.7 Å². The zero-order chi connectivity index (χ0) is 14.9. The van der Waals surface area contributed by atoms with Gasteiger partial charge < -0.3 is 5.32 Å². The van der Waals surface area contributed by atoms with Crippen LogP contribution < -0.4 is 10.0 Å². The Balaban J connectivity index is 1.91. The number of rotatable bonds is 3. The van der Waals surface area contributed by atoms with Crippen LogP contribution in [-0.2, 0) is 16.4 Å². The topological polar surface area (TPSA) is 71.1 Å². The maximum Gasteiger partial charge on any atom is 0.261 e. The number of aromatic nitrogens is 1. The van der Waals surface area contributed by atoms with Gasteiger partial charge in [-0.25, -0.2) is 8.42 Å². The van der Waals surface area contributed by atoms with Crippen LogP contribution in [0.5, 0.6) is 0 Å². The second-order valence-electron chi connectivity index (χ2n) is 5.14. The number of anilines is 2. The van der Waals surface area contributed by atoms with Crippen LogP contribution in [0.15, 0.2) is 41.4 Å². The van der Waals surface area contributed by atoms with Crippen molar-refractivity contribution in [3.05, 3.63) is 47.8 Å². The summed E-state index contributed by atoms with van der Waals surface area (Å²) in [5, 5.41) is 3.25. The first-order chi connectivity index (χ1) is 10.0. The third kappa shape index (κ3) is 3.00. The molecule has 0 radical (unpaired) electrons. The molecule has 110 valence electrons. The number of fused-ring (bicyclic) bond motifs is 1. The predicted octanol–water partition coefficient (Wildman–Crippen LogP) is 2.55. The van der Waals surface area contributed by atoms with Crippen molar-refractivity contribution in [3.8, 4) is 0 Å². The molecular formula is C15H17N3O2S. The van der Waals surface area contributed by atoms with Gasteiger partial charge in [0.15, 0.2) is 0 Å². The lowest BCUT2D eigenvalue weighted by Gasteiger charge is -2.19. The zero-order valence-electron chi connectivity index (χ0n) is 11.8. The van der Waals surface area contributed by atoms with Gasteiger partial charge in [0.2, 0.25) is 0 Å². The van der Waals surface area contributed by atoms with Crippen LogP contribution in [0.1, 0.15) is 17.7 Å². The fourth-order valence-corrected chi connectivity index (χ4v) is 3.51. The molecule has 0 atom stereocenters. The molecule has 0 amide bonds. The molecule has 6 heteroatoms. The Morgan fingerprint density at radius 1 is 1.24 bits per heavy atom. The fraction of sp³-hybridized carbons (Fsp3) is 0.267. The van der Waals surface area contributed by atoms with Crippen molar-refractivity contribution in [2.75, 3.05) is 16.6 Å².